The molecular formula is C15H26N2O3. The van der Waals surface area contributed by atoms with Crippen LogP contribution in [0.1, 0.15) is 24.6 Å². The number of aliphatic hydroxyl groups is 1. The van der Waals surface area contributed by atoms with E-state index < -0.39 is 0 Å². The van der Waals surface area contributed by atoms with Gasteiger partial charge in [0.15, 0.2) is 0 Å². The normalized spacial score (nSPS) is 10.8. The van der Waals surface area contributed by atoms with Crippen molar-refractivity contribution >= 4 is 5.82 Å². The van der Waals surface area contributed by atoms with Gasteiger partial charge in [0.1, 0.15) is 5.82 Å². The first-order chi connectivity index (χ1) is 9.74. The Bertz CT molecular complexity index is 363. The summed E-state index contributed by atoms with van der Waals surface area (Å²) in [4.78, 5) is 6.83. The van der Waals surface area contributed by atoms with Gasteiger partial charge in [-0.3, -0.25) is 0 Å². The fourth-order valence-electron chi connectivity index (χ4n) is 2.01. The number of methoxy groups -OCH3 is 2. The molecule has 0 atom stereocenters. The molecule has 1 aromatic rings. The Morgan fingerprint density at radius 2 is 1.90 bits per heavy atom. The summed E-state index contributed by atoms with van der Waals surface area (Å²) in [6.07, 6.45) is 1.80. The predicted molar refractivity (Wildman–Crippen MR) is 80.1 cm³/mol. The second-order valence-electron chi connectivity index (χ2n) is 4.66. The summed E-state index contributed by atoms with van der Waals surface area (Å²) in [5, 5.41) is 9.36. The van der Waals surface area contributed by atoms with Crippen molar-refractivity contribution in [1.82, 2.24) is 4.98 Å². The molecular weight excluding hydrogens is 256 g/mol. The second-order valence-corrected chi connectivity index (χ2v) is 4.66. The molecule has 0 saturated carbocycles. The average molecular weight is 282 g/mol. The molecule has 114 valence electrons. The van der Waals surface area contributed by atoms with Gasteiger partial charge in [-0.1, -0.05) is 6.92 Å². The van der Waals surface area contributed by atoms with E-state index in [2.05, 4.69) is 16.8 Å². The van der Waals surface area contributed by atoms with Crippen molar-refractivity contribution < 1.29 is 14.6 Å². The molecule has 1 heterocycles. The first kappa shape index (κ1) is 16.9. The zero-order valence-corrected chi connectivity index (χ0v) is 12.8. The molecule has 0 aromatic carbocycles. The smallest absolute Gasteiger partial charge is 0.129 e. The minimum Gasteiger partial charge on any atom is -0.392 e. The highest BCUT2D eigenvalue weighted by Gasteiger charge is 2.10. The lowest BCUT2D eigenvalue weighted by Crippen LogP contribution is -2.30. The van der Waals surface area contributed by atoms with Gasteiger partial charge in [-0.2, -0.15) is 0 Å². The highest BCUT2D eigenvalue weighted by atomic mass is 16.5. The molecule has 5 nitrogen and oxygen atoms in total. The van der Waals surface area contributed by atoms with E-state index in [1.54, 1.807) is 14.2 Å². The molecule has 0 radical (unpaired) electrons. The first-order valence-corrected chi connectivity index (χ1v) is 7.08. The summed E-state index contributed by atoms with van der Waals surface area (Å²) in [5.74, 6) is 0.904. The first-order valence-electron chi connectivity index (χ1n) is 7.08. The van der Waals surface area contributed by atoms with Crippen molar-refractivity contribution in [3.63, 3.8) is 0 Å². The van der Waals surface area contributed by atoms with Crippen LogP contribution in [0.4, 0.5) is 5.82 Å². The fourth-order valence-corrected chi connectivity index (χ4v) is 2.01. The van der Waals surface area contributed by atoms with Gasteiger partial charge >= 0.3 is 0 Å². The molecule has 0 fully saturated rings. The van der Waals surface area contributed by atoms with E-state index in [1.165, 1.54) is 0 Å². The van der Waals surface area contributed by atoms with E-state index in [1.807, 2.05) is 12.1 Å². The van der Waals surface area contributed by atoms with E-state index in [0.29, 0.717) is 6.61 Å². The SMILES string of the molecule is CCc1cc(CO)cc(N(CCCOC)CCOC)n1. The Kier molecular flexibility index (Phi) is 8.18. The lowest BCUT2D eigenvalue weighted by molar-refractivity contribution is 0.191. The van der Waals surface area contributed by atoms with Gasteiger partial charge in [0, 0.05) is 39.6 Å². The third-order valence-electron chi connectivity index (χ3n) is 3.14. The van der Waals surface area contributed by atoms with E-state index in [4.69, 9.17) is 9.47 Å². The number of aromatic nitrogens is 1. The van der Waals surface area contributed by atoms with Crippen molar-refractivity contribution in [3.05, 3.63) is 23.4 Å². The lowest BCUT2D eigenvalue weighted by atomic mass is 10.2. The van der Waals surface area contributed by atoms with E-state index in [0.717, 1.165) is 49.6 Å². The molecule has 0 aliphatic carbocycles. The number of anilines is 1. The average Bonchev–Trinajstić information content (AvgIpc) is 2.50. The van der Waals surface area contributed by atoms with Gasteiger partial charge in [0.05, 0.1) is 13.2 Å². The topological polar surface area (TPSA) is 54.8 Å². The summed E-state index contributed by atoms with van der Waals surface area (Å²) in [6, 6.07) is 3.90. The third-order valence-corrected chi connectivity index (χ3v) is 3.14. The standard InChI is InChI=1S/C15H26N2O3/c1-4-14-10-13(12-18)11-15(16-14)17(7-9-20-3)6-5-8-19-2/h10-11,18H,4-9,12H2,1-3H3. The maximum atomic E-state index is 9.36. The zero-order valence-electron chi connectivity index (χ0n) is 12.8. The van der Waals surface area contributed by atoms with Crippen molar-refractivity contribution in [2.45, 2.75) is 26.4 Å². The van der Waals surface area contributed by atoms with E-state index >= 15 is 0 Å². The highest BCUT2D eigenvalue weighted by Crippen LogP contribution is 2.16. The molecule has 0 unspecified atom stereocenters. The molecule has 0 bridgehead atoms. The number of ether oxygens (including phenoxy) is 2. The number of aliphatic hydroxyl groups excluding tert-OH is 1. The van der Waals surface area contributed by atoms with Crippen molar-refractivity contribution in [2.75, 3.05) is 45.4 Å². The monoisotopic (exact) mass is 282 g/mol. The maximum absolute atomic E-state index is 9.36. The van der Waals surface area contributed by atoms with Crippen molar-refractivity contribution in [2.24, 2.45) is 0 Å². The molecule has 0 spiro atoms. The lowest BCUT2D eigenvalue weighted by Gasteiger charge is -2.24. The summed E-state index contributed by atoms with van der Waals surface area (Å²) in [7, 11) is 3.40. The van der Waals surface area contributed by atoms with Crippen LogP contribution in [0, 0.1) is 0 Å². The molecule has 20 heavy (non-hydrogen) atoms. The second kappa shape index (κ2) is 9.69. The molecule has 5 heteroatoms. The molecule has 0 amide bonds. The molecule has 0 aliphatic heterocycles. The van der Waals surface area contributed by atoms with Crippen LogP contribution in [0.15, 0.2) is 12.1 Å². The summed E-state index contributed by atoms with van der Waals surface area (Å²) >= 11 is 0. The fraction of sp³-hybridized carbons (Fsp3) is 0.667. The Morgan fingerprint density at radius 3 is 2.50 bits per heavy atom. The van der Waals surface area contributed by atoms with Crippen LogP contribution in [0.25, 0.3) is 0 Å². The Hall–Kier alpha value is -1.17. The van der Waals surface area contributed by atoms with E-state index in [-0.39, 0.29) is 6.61 Å². The van der Waals surface area contributed by atoms with Crippen LogP contribution >= 0.6 is 0 Å². The van der Waals surface area contributed by atoms with Gasteiger partial charge in [-0.15, -0.1) is 0 Å². The van der Waals surface area contributed by atoms with E-state index in [9.17, 15) is 5.11 Å². The highest BCUT2D eigenvalue weighted by molar-refractivity contribution is 5.42. The number of hydrogen-bond acceptors (Lipinski definition) is 5. The third kappa shape index (κ3) is 5.45. The van der Waals surface area contributed by atoms with Gasteiger partial charge in [0.25, 0.3) is 0 Å². The van der Waals surface area contributed by atoms with Crippen LogP contribution < -0.4 is 4.90 Å². The summed E-state index contributed by atoms with van der Waals surface area (Å²) < 4.78 is 10.3. The summed E-state index contributed by atoms with van der Waals surface area (Å²) in [5.41, 5.74) is 1.90. The number of aryl methyl sites for hydroxylation is 1. The zero-order chi connectivity index (χ0) is 14.8. The molecule has 1 N–H and O–H groups in total. The van der Waals surface area contributed by atoms with Crippen LogP contribution in [-0.4, -0.2) is 50.6 Å². The van der Waals surface area contributed by atoms with Crippen LogP contribution in [0.5, 0.6) is 0 Å². The molecule has 1 aromatic heterocycles. The predicted octanol–water partition coefficient (Wildman–Crippen LogP) is 1.63. The van der Waals surface area contributed by atoms with Gasteiger partial charge < -0.3 is 19.5 Å². The Labute approximate surface area is 121 Å². The number of rotatable bonds is 10. The summed E-state index contributed by atoms with van der Waals surface area (Å²) in [6.45, 7) is 5.13. The van der Waals surface area contributed by atoms with Gasteiger partial charge in [-0.25, -0.2) is 4.98 Å². The quantitative estimate of drug-likeness (QED) is 0.661. The largest absolute Gasteiger partial charge is 0.392 e. The number of hydrogen-bond donors (Lipinski definition) is 1. The van der Waals surface area contributed by atoms with Gasteiger partial charge in [-0.05, 0) is 30.5 Å². The minimum absolute atomic E-state index is 0.0404. The maximum Gasteiger partial charge on any atom is 0.129 e. The molecule has 0 saturated heterocycles. The van der Waals surface area contributed by atoms with Crippen LogP contribution in [0.2, 0.25) is 0 Å². The molecule has 1 rings (SSSR count). The Balaban J connectivity index is 2.86. The van der Waals surface area contributed by atoms with Crippen LogP contribution in [-0.2, 0) is 22.5 Å². The number of nitrogens with zero attached hydrogens (tertiary/aromatic N) is 2. The van der Waals surface area contributed by atoms with Crippen LogP contribution in [0.3, 0.4) is 0 Å². The van der Waals surface area contributed by atoms with Crippen molar-refractivity contribution in [1.29, 1.82) is 0 Å². The molecule has 0 aliphatic rings. The number of pyridine rings is 1. The van der Waals surface area contributed by atoms with Gasteiger partial charge in [0.2, 0.25) is 0 Å². The Morgan fingerprint density at radius 1 is 1.15 bits per heavy atom. The van der Waals surface area contributed by atoms with Crippen molar-refractivity contribution in [3.8, 4) is 0 Å². The minimum atomic E-state index is 0.0404.